The lowest BCUT2D eigenvalue weighted by atomic mass is 9.89. The van der Waals surface area contributed by atoms with Gasteiger partial charge < -0.3 is 11.1 Å². The van der Waals surface area contributed by atoms with E-state index in [2.05, 4.69) is 26.3 Å². The number of hydrogen-bond acceptors (Lipinski definition) is 3. The number of halogens is 1. The van der Waals surface area contributed by atoms with Gasteiger partial charge in [-0.05, 0) is 69.2 Å². The second-order valence-electron chi connectivity index (χ2n) is 8.12. The first kappa shape index (κ1) is 20.6. The van der Waals surface area contributed by atoms with Crippen LogP contribution in [-0.4, -0.2) is 27.1 Å². The Kier molecular flexibility index (Phi) is 5.93. The molecule has 0 fully saturated rings. The molecule has 0 radical (unpaired) electrons. The molecule has 0 bridgehead atoms. The van der Waals surface area contributed by atoms with Crippen molar-refractivity contribution in [3.63, 3.8) is 0 Å². The molecule has 1 aliphatic rings. The summed E-state index contributed by atoms with van der Waals surface area (Å²) in [6.45, 7) is 5.68. The van der Waals surface area contributed by atoms with E-state index >= 15 is 0 Å². The van der Waals surface area contributed by atoms with Gasteiger partial charge in [0.15, 0.2) is 5.69 Å². The molecule has 7 heteroatoms. The molecule has 1 atom stereocenters. The number of fused-ring (bicyclic) bond motifs is 1. The maximum Gasteiger partial charge on any atom is 0.272 e. The zero-order chi connectivity index (χ0) is 20.5. The number of primary amides is 1. The number of rotatable bonds is 6. The smallest absolute Gasteiger partial charge is 0.272 e. The van der Waals surface area contributed by atoms with Gasteiger partial charge in [-0.1, -0.05) is 29.8 Å². The minimum atomic E-state index is -1.10. The SMILES string of the molecule is CC(C)CC(C)(NC(=O)c1nn(-c2ccc(Br)cc2)c2c1CCCC2)C(N)=O. The van der Waals surface area contributed by atoms with Gasteiger partial charge in [0.05, 0.1) is 5.69 Å². The molecule has 1 aromatic carbocycles. The van der Waals surface area contributed by atoms with Crippen molar-refractivity contribution in [3.05, 3.63) is 45.7 Å². The van der Waals surface area contributed by atoms with Crippen molar-refractivity contribution in [3.8, 4) is 5.69 Å². The van der Waals surface area contributed by atoms with Crippen LogP contribution in [0.1, 0.15) is 61.8 Å². The molecule has 0 aliphatic heterocycles. The Balaban J connectivity index is 1.98. The van der Waals surface area contributed by atoms with E-state index in [1.165, 1.54) is 0 Å². The van der Waals surface area contributed by atoms with E-state index < -0.39 is 11.4 Å². The zero-order valence-electron chi connectivity index (χ0n) is 16.6. The molecule has 2 aromatic rings. The van der Waals surface area contributed by atoms with Crippen LogP contribution in [-0.2, 0) is 17.6 Å². The Labute approximate surface area is 174 Å². The van der Waals surface area contributed by atoms with Gasteiger partial charge in [-0.2, -0.15) is 5.10 Å². The molecule has 1 aliphatic carbocycles. The molecule has 1 unspecified atom stereocenters. The first-order valence-corrected chi connectivity index (χ1v) is 10.5. The molecule has 150 valence electrons. The Morgan fingerprint density at radius 3 is 2.50 bits per heavy atom. The number of carbonyl (C=O) groups is 2. The average molecular weight is 447 g/mol. The second kappa shape index (κ2) is 8.07. The molecule has 6 nitrogen and oxygen atoms in total. The predicted molar refractivity (Wildman–Crippen MR) is 112 cm³/mol. The van der Waals surface area contributed by atoms with Crippen molar-refractivity contribution in [2.75, 3.05) is 0 Å². The topological polar surface area (TPSA) is 90.0 Å². The van der Waals surface area contributed by atoms with E-state index in [-0.39, 0.29) is 11.8 Å². The first-order chi connectivity index (χ1) is 13.2. The van der Waals surface area contributed by atoms with Gasteiger partial charge in [0.2, 0.25) is 5.91 Å². The van der Waals surface area contributed by atoms with Crippen molar-refractivity contribution in [1.82, 2.24) is 15.1 Å². The summed E-state index contributed by atoms with van der Waals surface area (Å²) in [5.74, 6) is -0.654. The van der Waals surface area contributed by atoms with Crippen molar-refractivity contribution in [2.24, 2.45) is 11.7 Å². The van der Waals surface area contributed by atoms with Crippen LogP contribution < -0.4 is 11.1 Å². The molecule has 0 saturated heterocycles. The molecule has 1 aromatic heterocycles. The highest BCUT2D eigenvalue weighted by atomic mass is 79.9. The van der Waals surface area contributed by atoms with E-state index in [0.29, 0.717) is 12.1 Å². The molecule has 0 saturated carbocycles. The summed E-state index contributed by atoms with van der Waals surface area (Å²) in [4.78, 5) is 25.2. The van der Waals surface area contributed by atoms with E-state index in [4.69, 9.17) is 5.73 Å². The second-order valence-corrected chi connectivity index (χ2v) is 9.03. The molecule has 1 heterocycles. The number of nitrogens with zero attached hydrogens (tertiary/aromatic N) is 2. The van der Waals surface area contributed by atoms with Crippen LogP contribution in [0.5, 0.6) is 0 Å². The van der Waals surface area contributed by atoms with Gasteiger partial charge in [0.1, 0.15) is 5.54 Å². The van der Waals surface area contributed by atoms with E-state index in [1.807, 2.05) is 42.8 Å². The maximum atomic E-state index is 13.1. The minimum Gasteiger partial charge on any atom is -0.368 e. The quantitative estimate of drug-likeness (QED) is 0.710. The van der Waals surface area contributed by atoms with Gasteiger partial charge >= 0.3 is 0 Å². The summed E-state index contributed by atoms with van der Waals surface area (Å²) >= 11 is 3.45. The number of benzene rings is 1. The fourth-order valence-corrected chi connectivity index (χ4v) is 4.18. The fraction of sp³-hybridized carbons (Fsp3) is 0.476. The number of carbonyl (C=O) groups excluding carboxylic acids is 2. The van der Waals surface area contributed by atoms with E-state index in [9.17, 15) is 9.59 Å². The number of amides is 2. The average Bonchev–Trinajstić information content (AvgIpc) is 3.01. The van der Waals surface area contributed by atoms with Crippen molar-refractivity contribution in [2.45, 2.75) is 58.4 Å². The maximum absolute atomic E-state index is 13.1. The van der Waals surface area contributed by atoms with Crippen molar-refractivity contribution >= 4 is 27.7 Å². The standard InChI is InChI=1S/C21H27BrN4O2/c1-13(2)12-21(3,20(23)28)24-19(27)18-16-6-4-5-7-17(16)26(25-18)15-10-8-14(22)9-11-15/h8-11,13H,4-7,12H2,1-3H3,(H2,23,28)(H,24,27). The van der Waals surface area contributed by atoms with Crippen molar-refractivity contribution in [1.29, 1.82) is 0 Å². The highest BCUT2D eigenvalue weighted by molar-refractivity contribution is 9.10. The molecule has 2 amide bonds. The first-order valence-electron chi connectivity index (χ1n) is 9.70. The molecular formula is C21H27BrN4O2. The monoisotopic (exact) mass is 446 g/mol. The van der Waals surface area contributed by atoms with E-state index in [0.717, 1.165) is 47.1 Å². The Morgan fingerprint density at radius 1 is 1.25 bits per heavy atom. The Bertz CT molecular complexity index is 889. The molecular weight excluding hydrogens is 420 g/mol. The lowest BCUT2D eigenvalue weighted by Gasteiger charge is -2.29. The minimum absolute atomic E-state index is 0.215. The third-order valence-corrected chi connectivity index (χ3v) is 5.74. The highest BCUT2D eigenvalue weighted by Gasteiger charge is 2.36. The molecule has 28 heavy (non-hydrogen) atoms. The fourth-order valence-electron chi connectivity index (χ4n) is 3.92. The summed E-state index contributed by atoms with van der Waals surface area (Å²) < 4.78 is 2.85. The number of hydrogen-bond donors (Lipinski definition) is 2. The summed E-state index contributed by atoms with van der Waals surface area (Å²) in [6.07, 6.45) is 4.27. The van der Waals surface area contributed by atoms with Crippen LogP contribution in [0.25, 0.3) is 5.69 Å². The van der Waals surface area contributed by atoms with Gasteiger partial charge in [-0.25, -0.2) is 4.68 Å². The van der Waals surface area contributed by atoms with Gasteiger partial charge in [0, 0.05) is 15.7 Å². The summed E-state index contributed by atoms with van der Waals surface area (Å²) in [7, 11) is 0. The lowest BCUT2D eigenvalue weighted by Crippen LogP contribution is -2.56. The Morgan fingerprint density at radius 2 is 1.89 bits per heavy atom. The van der Waals surface area contributed by atoms with Crippen LogP contribution in [0.4, 0.5) is 0 Å². The lowest BCUT2D eigenvalue weighted by molar-refractivity contribution is -0.124. The molecule has 0 spiro atoms. The van der Waals surface area contributed by atoms with Crippen molar-refractivity contribution < 1.29 is 9.59 Å². The highest BCUT2D eigenvalue weighted by Crippen LogP contribution is 2.28. The number of aromatic nitrogens is 2. The van der Waals surface area contributed by atoms with Crippen LogP contribution in [0, 0.1) is 5.92 Å². The largest absolute Gasteiger partial charge is 0.368 e. The molecule has 3 N–H and O–H groups in total. The number of nitrogens with two attached hydrogens (primary N) is 1. The molecule has 3 rings (SSSR count). The van der Waals surface area contributed by atoms with Gasteiger partial charge in [-0.3, -0.25) is 9.59 Å². The Hall–Kier alpha value is -2.15. The van der Waals surface area contributed by atoms with Gasteiger partial charge in [-0.15, -0.1) is 0 Å². The third-order valence-electron chi connectivity index (χ3n) is 5.22. The van der Waals surface area contributed by atoms with Crippen LogP contribution >= 0.6 is 15.9 Å². The van der Waals surface area contributed by atoms with E-state index in [1.54, 1.807) is 6.92 Å². The normalized spacial score (nSPS) is 15.8. The summed E-state index contributed by atoms with van der Waals surface area (Å²) in [6, 6.07) is 7.86. The van der Waals surface area contributed by atoms with Crippen LogP contribution in [0.2, 0.25) is 0 Å². The predicted octanol–water partition coefficient (Wildman–Crippen LogP) is 3.53. The summed E-state index contributed by atoms with van der Waals surface area (Å²) in [5.41, 5.74) is 7.87. The third kappa shape index (κ3) is 4.14. The van der Waals surface area contributed by atoms with Gasteiger partial charge in [0.25, 0.3) is 5.91 Å². The van der Waals surface area contributed by atoms with Crippen LogP contribution in [0.3, 0.4) is 0 Å². The van der Waals surface area contributed by atoms with Crippen LogP contribution in [0.15, 0.2) is 28.7 Å². The number of nitrogens with one attached hydrogen (secondary N) is 1. The summed E-state index contributed by atoms with van der Waals surface area (Å²) in [5, 5.41) is 7.52. The zero-order valence-corrected chi connectivity index (χ0v) is 18.2.